The van der Waals surface area contributed by atoms with E-state index in [1.54, 1.807) is 0 Å². The first kappa shape index (κ1) is 11.3. The van der Waals surface area contributed by atoms with Crippen molar-refractivity contribution in [3.05, 3.63) is 0 Å². The van der Waals surface area contributed by atoms with Gasteiger partial charge in [-0.25, -0.2) is 4.79 Å². The highest BCUT2D eigenvalue weighted by Gasteiger charge is 2.30. The number of hydrogen-bond acceptors (Lipinski definition) is 2. The molecular formula is C10H20N2O2. The van der Waals surface area contributed by atoms with E-state index in [2.05, 4.69) is 10.6 Å². The molecule has 2 N–H and O–H groups in total. The predicted octanol–water partition coefficient (Wildman–Crippen LogP) is 1.26. The van der Waals surface area contributed by atoms with E-state index in [1.807, 2.05) is 20.8 Å². The lowest BCUT2D eigenvalue weighted by atomic mass is 9.89. The normalized spacial score (nSPS) is 25.7. The molecule has 14 heavy (non-hydrogen) atoms. The average molecular weight is 200 g/mol. The Kier molecular flexibility index (Phi) is 4.20. The number of rotatable bonds is 4. The van der Waals surface area contributed by atoms with Crippen LogP contribution in [0.25, 0.3) is 0 Å². The summed E-state index contributed by atoms with van der Waals surface area (Å²) >= 11 is 0. The highest BCUT2D eigenvalue weighted by molar-refractivity contribution is 5.74. The second-order valence-corrected chi connectivity index (χ2v) is 4.02. The Labute approximate surface area is 85.4 Å². The van der Waals surface area contributed by atoms with E-state index in [4.69, 9.17) is 4.74 Å². The monoisotopic (exact) mass is 200 g/mol. The summed E-state index contributed by atoms with van der Waals surface area (Å²) in [7, 11) is 0. The number of nitrogens with one attached hydrogen (secondary N) is 2. The maximum absolute atomic E-state index is 11.3. The van der Waals surface area contributed by atoms with E-state index in [0.29, 0.717) is 12.1 Å². The minimum atomic E-state index is -0.0695. The maximum atomic E-state index is 11.3. The third kappa shape index (κ3) is 3.54. The summed E-state index contributed by atoms with van der Waals surface area (Å²) in [6.45, 7) is 6.65. The number of ether oxygens (including phenoxy) is 1. The van der Waals surface area contributed by atoms with Crippen LogP contribution in [0.2, 0.25) is 0 Å². The third-order valence-electron chi connectivity index (χ3n) is 2.25. The number of carbonyl (C=O) groups is 1. The van der Waals surface area contributed by atoms with Gasteiger partial charge in [0, 0.05) is 18.7 Å². The summed E-state index contributed by atoms with van der Waals surface area (Å²) < 4.78 is 5.40. The van der Waals surface area contributed by atoms with Crippen LogP contribution in [-0.2, 0) is 4.74 Å². The van der Waals surface area contributed by atoms with Crippen molar-refractivity contribution >= 4 is 6.03 Å². The van der Waals surface area contributed by atoms with Crippen molar-refractivity contribution in [1.29, 1.82) is 0 Å². The second kappa shape index (κ2) is 5.20. The fraction of sp³-hybridized carbons (Fsp3) is 0.900. The first-order valence-corrected chi connectivity index (χ1v) is 5.30. The lowest BCUT2D eigenvalue weighted by Gasteiger charge is -2.35. The van der Waals surface area contributed by atoms with E-state index in [1.165, 1.54) is 0 Å². The molecule has 0 aliphatic heterocycles. The quantitative estimate of drug-likeness (QED) is 0.718. The molecule has 4 nitrogen and oxygen atoms in total. The Morgan fingerprint density at radius 1 is 1.50 bits per heavy atom. The molecule has 0 saturated heterocycles. The van der Waals surface area contributed by atoms with E-state index < -0.39 is 0 Å². The van der Waals surface area contributed by atoms with Crippen molar-refractivity contribution in [1.82, 2.24) is 10.6 Å². The van der Waals surface area contributed by atoms with Crippen molar-refractivity contribution in [2.45, 2.75) is 51.8 Å². The summed E-state index contributed by atoms with van der Waals surface area (Å²) in [5, 5.41) is 5.70. The summed E-state index contributed by atoms with van der Waals surface area (Å²) in [4.78, 5) is 11.3. The van der Waals surface area contributed by atoms with Crippen molar-refractivity contribution < 1.29 is 9.53 Å². The molecule has 0 radical (unpaired) electrons. The van der Waals surface area contributed by atoms with Crippen molar-refractivity contribution in [3.63, 3.8) is 0 Å². The van der Waals surface area contributed by atoms with Crippen LogP contribution in [0.3, 0.4) is 0 Å². The molecular weight excluding hydrogens is 180 g/mol. The highest BCUT2D eigenvalue weighted by Crippen LogP contribution is 2.22. The molecule has 0 aromatic heterocycles. The van der Waals surface area contributed by atoms with Crippen LogP contribution in [0.5, 0.6) is 0 Å². The molecule has 0 heterocycles. The average Bonchev–Trinajstić information content (AvgIpc) is 1.99. The number of hydrogen-bond donors (Lipinski definition) is 2. The zero-order chi connectivity index (χ0) is 10.6. The molecule has 1 aliphatic carbocycles. The van der Waals surface area contributed by atoms with Crippen molar-refractivity contribution in [3.8, 4) is 0 Å². The van der Waals surface area contributed by atoms with Gasteiger partial charge < -0.3 is 15.4 Å². The van der Waals surface area contributed by atoms with E-state index in [0.717, 1.165) is 19.4 Å². The van der Waals surface area contributed by atoms with Gasteiger partial charge in [0.25, 0.3) is 0 Å². The number of urea groups is 1. The molecule has 1 rings (SSSR count). The van der Waals surface area contributed by atoms with Crippen molar-refractivity contribution in [2.24, 2.45) is 0 Å². The van der Waals surface area contributed by atoms with E-state index in [9.17, 15) is 4.79 Å². The lowest BCUT2D eigenvalue weighted by Crippen LogP contribution is -2.52. The molecule has 82 valence electrons. The minimum absolute atomic E-state index is 0.0695. The van der Waals surface area contributed by atoms with Gasteiger partial charge in [0.1, 0.15) is 0 Å². The van der Waals surface area contributed by atoms with Crippen molar-refractivity contribution in [2.75, 3.05) is 6.61 Å². The molecule has 0 spiro atoms. The molecule has 0 unspecified atom stereocenters. The zero-order valence-corrected chi connectivity index (χ0v) is 9.17. The van der Waals surface area contributed by atoms with Gasteiger partial charge in [-0.15, -0.1) is 0 Å². The fourth-order valence-electron chi connectivity index (χ4n) is 1.54. The highest BCUT2D eigenvalue weighted by atomic mass is 16.5. The van der Waals surface area contributed by atoms with Gasteiger partial charge in [0.15, 0.2) is 0 Å². The van der Waals surface area contributed by atoms with Crippen LogP contribution in [0, 0.1) is 0 Å². The van der Waals surface area contributed by atoms with Gasteiger partial charge in [-0.1, -0.05) is 0 Å². The predicted molar refractivity (Wildman–Crippen MR) is 55.2 cm³/mol. The number of amides is 2. The summed E-state index contributed by atoms with van der Waals surface area (Å²) in [6.07, 6.45) is 2.24. The topological polar surface area (TPSA) is 50.4 Å². The molecule has 0 aromatic carbocycles. The van der Waals surface area contributed by atoms with Crippen LogP contribution in [-0.4, -0.2) is 30.8 Å². The molecule has 0 aromatic rings. The van der Waals surface area contributed by atoms with Crippen LogP contribution < -0.4 is 10.6 Å². The Morgan fingerprint density at radius 3 is 2.64 bits per heavy atom. The Bertz CT molecular complexity index is 189. The maximum Gasteiger partial charge on any atom is 0.315 e. The van der Waals surface area contributed by atoms with Crippen LogP contribution in [0.1, 0.15) is 33.6 Å². The first-order valence-electron chi connectivity index (χ1n) is 5.30. The van der Waals surface area contributed by atoms with Gasteiger partial charge in [-0.05, 0) is 33.6 Å². The Hall–Kier alpha value is -0.770. The first-order chi connectivity index (χ1) is 6.61. The second-order valence-electron chi connectivity index (χ2n) is 4.02. The van der Waals surface area contributed by atoms with E-state index in [-0.39, 0.29) is 12.1 Å². The molecule has 2 amide bonds. The molecule has 1 saturated carbocycles. The molecule has 0 bridgehead atoms. The largest absolute Gasteiger partial charge is 0.378 e. The van der Waals surface area contributed by atoms with Gasteiger partial charge >= 0.3 is 6.03 Å². The fourth-order valence-corrected chi connectivity index (χ4v) is 1.54. The van der Waals surface area contributed by atoms with Gasteiger partial charge in [0.2, 0.25) is 0 Å². The smallest absolute Gasteiger partial charge is 0.315 e. The summed E-state index contributed by atoms with van der Waals surface area (Å²) in [5.74, 6) is 0. The summed E-state index contributed by atoms with van der Waals surface area (Å²) in [6, 6.07) is 0.419. The molecule has 0 atom stereocenters. The molecule has 4 heteroatoms. The van der Waals surface area contributed by atoms with Gasteiger partial charge in [-0.3, -0.25) is 0 Å². The Morgan fingerprint density at radius 2 is 2.14 bits per heavy atom. The number of carbonyl (C=O) groups excluding carboxylic acids is 1. The molecule has 1 aliphatic rings. The summed E-state index contributed by atoms with van der Waals surface area (Å²) in [5.41, 5.74) is 0. The lowest BCUT2D eigenvalue weighted by molar-refractivity contribution is -0.00712. The van der Waals surface area contributed by atoms with Crippen LogP contribution in [0.15, 0.2) is 0 Å². The minimum Gasteiger partial charge on any atom is -0.378 e. The SMILES string of the molecule is CCOC1CC(NC(=O)NC(C)C)C1. The van der Waals surface area contributed by atoms with Gasteiger partial charge in [0.05, 0.1) is 6.10 Å². The van der Waals surface area contributed by atoms with Crippen LogP contribution >= 0.6 is 0 Å². The third-order valence-corrected chi connectivity index (χ3v) is 2.25. The van der Waals surface area contributed by atoms with Crippen LogP contribution in [0.4, 0.5) is 4.79 Å². The standard InChI is InChI=1S/C10H20N2O2/c1-4-14-9-5-8(6-9)12-10(13)11-7(2)3/h7-9H,4-6H2,1-3H3,(H2,11,12,13). The zero-order valence-electron chi connectivity index (χ0n) is 9.17. The Balaban J connectivity index is 2.07. The van der Waals surface area contributed by atoms with Gasteiger partial charge in [-0.2, -0.15) is 0 Å². The molecule has 1 fully saturated rings. The van der Waals surface area contributed by atoms with E-state index >= 15 is 0 Å².